The Hall–Kier alpha value is -2.17. The Morgan fingerprint density at radius 3 is 2.67 bits per heavy atom. The van der Waals surface area contributed by atoms with Crippen molar-refractivity contribution in [2.75, 3.05) is 34.3 Å². The Bertz CT molecular complexity index is 499. The van der Waals surface area contributed by atoms with E-state index in [0.717, 1.165) is 5.01 Å². The van der Waals surface area contributed by atoms with Gasteiger partial charge in [-0.15, -0.1) is 18.3 Å². The molecule has 118 valence electrons. The van der Waals surface area contributed by atoms with Crippen LogP contribution in [0, 0.1) is 0 Å². The third-order valence-electron chi connectivity index (χ3n) is 2.21. The van der Waals surface area contributed by atoms with Gasteiger partial charge in [0.05, 0.1) is 19.5 Å². The van der Waals surface area contributed by atoms with Crippen molar-refractivity contribution < 1.29 is 22.7 Å². The summed E-state index contributed by atoms with van der Waals surface area (Å²) in [5.41, 5.74) is 0.142. The number of hydrogen-bond donors (Lipinski definition) is 1. The summed E-state index contributed by atoms with van der Waals surface area (Å²) in [4.78, 5) is 19.5. The predicted molar refractivity (Wildman–Crippen MR) is 65.8 cm³/mol. The average Bonchev–Trinajstić information content (AvgIpc) is 2.81. The lowest BCUT2D eigenvalue weighted by molar-refractivity contribution is -0.324. The summed E-state index contributed by atoms with van der Waals surface area (Å²) in [7, 11) is 4.54. The van der Waals surface area contributed by atoms with Crippen molar-refractivity contribution in [2.45, 2.75) is 6.36 Å². The molecule has 0 radical (unpaired) electrons. The first kappa shape index (κ1) is 16.9. The third-order valence-corrected chi connectivity index (χ3v) is 2.21. The van der Waals surface area contributed by atoms with Gasteiger partial charge in [-0.1, -0.05) is 5.22 Å². The van der Waals surface area contributed by atoms with Crippen molar-refractivity contribution in [1.29, 1.82) is 0 Å². The van der Waals surface area contributed by atoms with Gasteiger partial charge in [0.15, 0.2) is 5.69 Å². The first-order valence-electron chi connectivity index (χ1n) is 5.79. The number of aromatic amines is 1. The SMILES string of the molecule is CN(CCOC(F)(F)F)/N=N/c1nc[nH]c1C(=O)N(C)C. The maximum atomic E-state index is 11.8. The van der Waals surface area contributed by atoms with Gasteiger partial charge in [-0.05, 0) is 0 Å². The molecule has 1 heterocycles. The first-order valence-corrected chi connectivity index (χ1v) is 5.79. The maximum Gasteiger partial charge on any atom is 0.522 e. The van der Waals surface area contributed by atoms with E-state index in [4.69, 9.17) is 0 Å². The molecule has 1 N–H and O–H groups in total. The summed E-state index contributed by atoms with van der Waals surface area (Å²) < 4.78 is 38.9. The van der Waals surface area contributed by atoms with E-state index >= 15 is 0 Å². The number of aromatic nitrogens is 2. The fourth-order valence-corrected chi connectivity index (χ4v) is 1.20. The molecule has 0 aliphatic carbocycles. The molecule has 0 unspecified atom stereocenters. The Morgan fingerprint density at radius 1 is 1.43 bits per heavy atom. The van der Waals surface area contributed by atoms with Crippen LogP contribution >= 0.6 is 0 Å². The highest BCUT2D eigenvalue weighted by Gasteiger charge is 2.28. The fraction of sp³-hybridized carbons (Fsp3) is 0.600. The number of alkyl halides is 3. The van der Waals surface area contributed by atoms with Crippen LogP contribution in [0.1, 0.15) is 10.5 Å². The van der Waals surface area contributed by atoms with E-state index in [1.807, 2.05) is 0 Å². The van der Waals surface area contributed by atoms with Gasteiger partial charge >= 0.3 is 6.36 Å². The van der Waals surface area contributed by atoms with Gasteiger partial charge in [0.25, 0.3) is 5.91 Å². The van der Waals surface area contributed by atoms with E-state index in [1.165, 1.54) is 18.3 Å². The Balaban J connectivity index is 2.57. The molecule has 0 saturated heterocycles. The zero-order valence-electron chi connectivity index (χ0n) is 11.7. The second-order valence-corrected chi connectivity index (χ2v) is 4.17. The number of halogens is 3. The molecule has 1 rings (SSSR count). The van der Waals surface area contributed by atoms with Crippen LogP contribution in [0.4, 0.5) is 19.0 Å². The summed E-state index contributed by atoms with van der Waals surface area (Å²) in [6.45, 7) is -0.701. The van der Waals surface area contributed by atoms with Crippen molar-refractivity contribution in [3.8, 4) is 0 Å². The molecular weight excluding hydrogens is 293 g/mol. The Labute approximate surface area is 118 Å². The molecule has 0 bridgehead atoms. The van der Waals surface area contributed by atoms with Crippen LogP contribution in [-0.2, 0) is 4.74 Å². The van der Waals surface area contributed by atoms with Crippen molar-refractivity contribution in [3.63, 3.8) is 0 Å². The third kappa shape index (κ3) is 5.77. The molecule has 0 spiro atoms. The first-order chi connectivity index (χ1) is 9.70. The zero-order chi connectivity index (χ0) is 16.0. The molecule has 0 fully saturated rings. The fourth-order valence-electron chi connectivity index (χ4n) is 1.20. The number of imidazole rings is 1. The minimum atomic E-state index is -4.68. The topological polar surface area (TPSA) is 86.2 Å². The number of likely N-dealkylation sites (N-methyl/N-ethyl adjacent to an activating group) is 1. The molecule has 0 atom stereocenters. The number of nitrogens with one attached hydrogen (secondary N) is 1. The minimum Gasteiger partial charge on any atom is -0.343 e. The number of hydrogen-bond acceptors (Lipinski definition) is 5. The van der Waals surface area contributed by atoms with Crippen LogP contribution in [0.3, 0.4) is 0 Å². The van der Waals surface area contributed by atoms with Gasteiger partial charge in [-0.25, -0.2) is 4.98 Å². The molecule has 1 aromatic rings. The average molecular weight is 308 g/mol. The summed E-state index contributed by atoms with van der Waals surface area (Å²) in [6.07, 6.45) is -3.40. The number of carbonyl (C=O) groups excluding carboxylic acids is 1. The Kier molecular flexibility index (Phi) is 5.64. The molecular formula is C10H15F3N6O2. The standard InChI is InChI=1S/C10H15F3N6O2/c1-18(2)9(20)7-8(15-6-14-7)16-17-19(3)4-5-21-10(11,12)13/h6H,4-5H2,1-3H3,(H,14,15)/b17-16+. The number of nitrogens with zero attached hydrogens (tertiary/aromatic N) is 5. The lowest BCUT2D eigenvalue weighted by Crippen LogP contribution is -2.23. The largest absolute Gasteiger partial charge is 0.522 e. The van der Waals surface area contributed by atoms with E-state index in [2.05, 4.69) is 25.0 Å². The van der Waals surface area contributed by atoms with Gasteiger partial charge in [0, 0.05) is 21.1 Å². The van der Waals surface area contributed by atoms with Gasteiger partial charge in [0.1, 0.15) is 0 Å². The molecule has 0 aliphatic rings. The maximum absolute atomic E-state index is 11.8. The number of rotatable bonds is 6. The van der Waals surface area contributed by atoms with Crippen LogP contribution < -0.4 is 0 Å². The van der Waals surface area contributed by atoms with E-state index in [9.17, 15) is 18.0 Å². The van der Waals surface area contributed by atoms with Crippen LogP contribution in [0.15, 0.2) is 16.7 Å². The van der Waals surface area contributed by atoms with Gasteiger partial charge in [0.2, 0.25) is 5.82 Å². The van der Waals surface area contributed by atoms with E-state index < -0.39 is 13.0 Å². The second-order valence-electron chi connectivity index (χ2n) is 4.17. The van der Waals surface area contributed by atoms with Crippen LogP contribution in [0.2, 0.25) is 0 Å². The highest BCUT2D eigenvalue weighted by molar-refractivity contribution is 5.95. The van der Waals surface area contributed by atoms with Gasteiger partial charge in [-0.3, -0.25) is 14.5 Å². The van der Waals surface area contributed by atoms with Crippen LogP contribution in [0.25, 0.3) is 0 Å². The molecule has 1 aromatic heterocycles. The molecule has 0 aromatic carbocycles. The molecule has 0 saturated carbocycles. The lowest BCUT2D eigenvalue weighted by atomic mass is 10.4. The summed E-state index contributed by atoms with van der Waals surface area (Å²) in [6, 6.07) is 0. The highest BCUT2D eigenvalue weighted by atomic mass is 19.4. The lowest BCUT2D eigenvalue weighted by Gasteiger charge is -2.12. The van der Waals surface area contributed by atoms with Crippen molar-refractivity contribution in [3.05, 3.63) is 12.0 Å². The number of ether oxygens (including phenoxy) is 1. The minimum absolute atomic E-state index is 0.0530. The van der Waals surface area contributed by atoms with E-state index in [1.54, 1.807) is 14.1 Å². The van der Waals surface area contributed by atoms with E-state index in [0.29, 0.717) is 0 Å². The Morgan fingerprint density at radius 2 is 2.10 bits per heavy atom. The summed E-state index contributed by atoms with van der Waals surface area (Å²) >= 11 is 0. The van der Waals surface area contributed by atoms with Crippen molar-refractivity contribution in [2.24, 2.45) is 10.3 Å². The number of carbonyl (C=O) groups is 1. The van der Waals surface area contributed by atoms with Crippen LogP contribution in [0.5, 0.6) is 0 Å². The van der Waals surface area contributed by atoms with Crippen molar-refractivity contribution >= 4 is 11.7 Å². The quantitative estimate of drug-likeness (QED) is 0.638. The smallest absolute Gasteiger partial charge is 0.343 e. The van der Waals surface area contributed by atoms with Crippen LogP contribution in [-0.4, -0.2) is 66.4 Å². The molecule has 1 amide bonds. The number of H-pyrrole nitrogens is 1. The molecule has 21 heavy (non-hydrogen) atoms. The monoisotopic (exact) mass is 308 g/mol. The molecule has 0 aliphatic heterocycles. The highest BCUT2D eigenvalue weighted by Crippen LogP contribution is 2.17. The summed E-state index contributed by atoms with van der Waals surface area (Å²) in [5.74, 6) is -0.290. The van der Waals surface area contributed by atoms with E-state index in [-0.39, 0.29) is 24.0 Å². The molecule has 11 heteroatoms. The van der Waals surface area contributed by atoms with Gasteiger partial charge in [-0.2, -0.15) is 0 Å². The number of amides is 1. The van der Waals surface area contributed by atoms with Gasteiger partial charge < -0.3 is 9.88 Å². The zero-order valence-corrected chi connectivity index (χ0v) is 11.7. The normalized spacial score (nSPS) is 11.9. The second kappa shape index (κ2) is 7.02. The summed E-state index contributed by atoms with van der Waals surface area (Å²) in [5, 5.41) is 8.50. The predicted octanol–water partition coefficient (Wildman–Crippen LogP) is 1.58. The molecule has 8 nitrogen and oxygen atoms in total. The van der Waals surface area contributed by atoms with Crippen molar-refractivity contribution in [1.82, 2.24) is 19.9 Å².